The Bertz CT molecular complexity index is 1080. The Hall–Kier alpha value is -2.38. The van der Waals surface area contributed by atoms with Crippen LogP contribution in [0.4, 0.5) is 0 Å². The highest BCUT2D eigenvalue weighted by Gasteiger charge is 2.18. The van der Waals surface area contributed by atoms with Gasteiger partial charge in [0.25, 0.3) is 5.89 Å². The number of aryl methyl sites for hydroxylation is 1. The standard InChI is InChI=1S/C18H12Cl2N2O4/c1-8-6-9(2-3-10(8)18(23)24)16-21-17(26-22-16)14-7-11-12(19)4-5-13(20)15(11)25-14/h2-7,18,23-24H,1H3. The second kappa shape index (κ2) is 6.41. The fourth-order valence-corrected chi connectivity index (χ4v) is 3.12. The third-order valence-electron chi connectivity index (χ3n) is 4.03. The zero-order valence-electron chi connectivity index (χ0n) is 13.4. The number of hydrogen-bond acceptors (Lipinski definition) is 6. The van der Waals surface area contributed by atoms with E-state index >= 15 is 0 Å². The quantitative estimate of drug-likeness (QED) is 0.490. The van der Waals surface area contributed by atoms with Crippen LogP contribution in [-0.2, 0) is 0 Å². The zero-order valence-corrected chi connectivity index (χ0v) is 14.9. The average Bonchev–Trinajstić information content (AvgIpc) is 3.25. The van der Waals surface area contributed by atoms with Gasteiger partial charge in [-0.2, -0.15) is 4.98 Å². The van der Waals surface area contributed by atoms with Crippen molar-refractivity contribution >= 4 is 34.2 Å². The second-order valence-corrected chi connectivity index (χ2v) is 6.57. The van der Waals surface area contributed by atoms with Gasteiger partial charge < -0.3 is 19.2 Å². The number of aromatic nitrogens is 2. The summed E-state index contributed by atoms with van der Waals surface area (Å²) in [6.45, 7) is 1.77. The number of fused-ring (bicyclic) bond motifs is 1. The molecule has 4 aromatic rings. The molecule has 0 saturated carbocycles. The number of aliphatic hydroxyl groups excluding tert-OH is 1. The molecule has 0 amide bonds. The Balaban J connectivity index is 1.74. The van der Waals surface area contributed by atoms with Gasteiger partial charge in [0.15, 0.2) is 17.6 Å². The SMILES string of the molecule is Cc1cc(-c2noc(-c3cc4c(Cl)ccc(Cl)c4o3)n2)ccc1C(O)O. The van der Waals surface area contributed by atoms with Crippen LogP contribution in [0.2, 0.25) is 10.0 Å². The third kappa shape index (κ3) is 2.87. The molecule has 132 valence electrons. The molecule has 2 N–H and O–H groups in total. The maximum Gasteiger partial charge on any atom is 0.293 e. The van der Waals surface area contributed by atoms with Crippen LogP contribution in [-0.4, -0.2) is 20.4 Å². The molecule has 0 atom stereocenters. The number of nitrogens with zero attached hydrogens (tertiary/aromatic N) is 2. The highest BCUT2D eigenvalue weighted by atomic mass is 35.5. The largest absolute Gasteiger partial charge is 0.449 e. The molecule has 2 aromatic carbocycles. The van der Waals surface area contributed by atoms with E-state index in [4.69, 9.17) is 32.1 Å². The maximum atomic E-state index is 9.30. The molecular formula is C18H12Cl2N2O4. The van der Waals surface area contributed by atoms with Gasteiger partial charge in [0, 0.05) is 16.5 Å². The second-order valence-electron chi connectivity index (χ2n) is 5.75. The number of rotatable bonds is 3. The highest BCUT2D eigenvalue weighted by Crippen LogP contribution is 2.36. The van der Waals surface area contributed by atoms with Gasteiger partial charge in [-0.3, -0.25) is 0 Å². The molecule has 26 heavy (non-hydrogen) atoms. The molecule has 0 aliphatic heterocycles. The molecular weight excluding hydrogens is 379 g/mol. The van der Waals surface area contributed by atoms with Gasteiger partial charge in [-0.15, -0.1) is 0 Å². The zero-order chi connectivity index (χ0) is 18.4. The third-order valence-corrected chi connectivity index (χ3v) is 4.65. The number of furan rings is 1. The molecule has 0 radical (unpaired) electrons. The van der Waals surface area contributed by atoms with Gasteiger partial charge in [-0.1, -0.05) is 40.5 Å². The monoisotopic (exact) mass is 390 g/mol. The van der Waals surface area contributed by atoms with Crippen molar-refractivity contribution in [2.24, 2.45) is 0 Å². The van der Waals surface area contributed by atoms with Crippen LogP contribution in [0.3, 0.4) is 0 Å². The van der Waals surface area contributed by atoms with E-state index in [1.54, 1.807) is 43.3 Å². The summed E-state index contributed by atoms with van der Waals surface area (Å²) in [7, 11) is 0. The highest BCUT2D eigenvalue weighted by molar-refractivity contribution is 6.39. The lowest BCUT2D eigenvalue weighted by Gasteiger charge is -2.08. The van der Waals surface area contributed by atoms with Crippen LogP contribution < -0.4 is 0 Å². The minimum absolute atomic E-state index is 0.187. The first-order valence-corrected chi connectivity index (χ1v) is 8.38. The minimum atomic E-state index is -1.53. The maximum absolute atomic E-state index is 9.30. The van der Waals surface area contributed by atoms with Crippen LogP contribution in [0.1, 0.15) is 17.4 Å². The van der Waals surface area contributed by atoms with Crippen molar-refractivity contribution in [2.45, 2.75) is 13.2 Å². The molecule has 8 heteroatoms. The Kier molecular flexibility index (Phi) is 4.20. The van der Waals surface area contributed by atoms with Crippen LogP contribution in [0.5, 0.6) is 0 Å². The number of benzene rings is 2. The molecule has 0 spiro atoms. The van der Waals surface area contributed by atoms with Crippen molar-refractivity contribution in [3.05, 3.63) is 57.6 Å². The van der Waals surface area contributed by atoms with Gasteiger partial charge in [0.1, 0.15) is 0 Å². The smallest absolute Gasteiger partial charge is 0.293 e. The number of aliphatic hydroxyl groups is 2. The van der Waals surface area contributed by atoms with Gasteiger partial charge in [-0.05, 0) is 36.8 Å². The molecule has 0 fully saturated rings. The first kappa shape index (κ1) is 17.1. The number of halogens is 2. The summed E-state index contributed by atoms with van der Waals surface area (Å²) in [5, 5.41) is 24.2. The van der Waals surface area contributed by atoms with Crippen molar-refractivity contribution < 1.29 is 19.2 Å². The molecule has 0 aliphatic rings. The summed E-state index contributed by atoms with van der Waals surface area (Å²) in [5.41, 5.74) is 2.24. The fraction of sp³-hybridized carbons (Fsp3) is 0.111. The van der Waals surface area contributed by atoms with E-state index in [1.165, 1.54) is 0 Å². The molecule has 6 nitrogen and oxygen atoms in total. The molecule has 0 saturated heterocycles. The lowest BCUT2D eigenvalue weighted by atomic mass is 10.0. The summed E-state index contributed by atoms with van der Waals surface area (Å²) < 4.78 is 11.0. The van der Waals surface area contributed by atoms with Crippen molar-refractivity contribution in [3.63, 3.8) is 0 Å². The predicted molar refractivity (Wildman–Crippen MR) is 96.9 cm³/mol. The lowest BCUT2D eigenvalue weighted by molar-refractivity contribution is -0.0429. The average molecular weight is 391 g/mol. The van der Waals surface area contributed by atoms with E-state index in [-0.39, 0.29) is 5.89 Å². The molecule has 0 unspecified atom stereocenters. The van der Waals surface area contributed by atoms with Gasteiger partial charge >= 0.3 is 0 Å². The molecule has 4 rings (SSSR count). The van der Waals surface area contributed by atoms with Crippen molar-refractivity contribution in [2.75, 3.05) is 0 Å². The molecule has 0 bridgehead atoms. The molecule has 2 heterocycles. The Morgan fingerprint density at radius 1 is 1.04 bits per heavy atom. The van der Waals surface area contributed by atoms with Crippen molar-refractivity contribution in [3.8, 4) is 23.0 Å². The summed E-state index contributed by atoms with van der Waals surface area (Å²) in [6, 6.07) is 10.1. The lowest BCUT2D eigenvalue weighted by Crippen LogP contribution is -1.98. The predicted octanol–water partition coefficient (Wildman–Crippen LogP) is 4.75. The minimum Gasteiger partial charge on any atom is -0.449 e. The van der Waals surface area contributed by atoms with Crippen molar-refractivity contribution in [1.29, 1.82) is 0 Å². The number of hydrogen-bond donors (Lipinski definition) is 2. The Labute approximate surface area is 157 Å². The van der Waals surface area contributed by atoms with Crippen LogP contribution >= 0.6 is 23.2 Å². The van der Waals surface area contributed by atoms with Crippen LogP contribution in [0.15, 0.2) is 45.3 Å². The van der Waals surface area contributed by atoms with Gasteiger partial charge in [0.2, 0.25) is 5.82 Å². The van der Waals surface area contributed by atoms with Crippen LogP contribution in [0.25, 0.3) is 34.0 Å². The van der Waals surface area contributed by atoms with Gasteiger partial charge in [0.05, 0.1) is 10.0 Å². The van der Waals surface area contributed by atoms with E-state index in [0.29, 0.717) is 49.3 Å². The van der Waals surface area contributed by atoms with E-state index in [1.807, 2.05) is 0 Å². The van der Waals surface area contributed by atoms with Crippen LogP contribution in [0, 0.1) is 6.92 Å². The van der Waals surface area contributed by atoms with Gasteiger partial charge in [-0.25, -0.2) is 0 Å². The van der Waals surface area contributed by atoms with Crippen molar-refractivity contribution in [1.82, 2.24) is 10.1 Å². The normalized spacial score (nSPS) is 11.6. The molecule has 0 aliphatic carbocycles. The summed E-state index contributed by atoms with van der Waals surface area (Å²) in [6.07, 6.45) is -1.53. The van der Waals surface area contributed by atoms with E-state index in [0.717, 1.165) is 0 Å². The van der Waals surface area contributed by atoms with E-state index < -0.39 is 6.29 Å². The summed E-state index contributed by atoms with van der Waals surface area (Å²) >= 11 is 12.3. The van der Waals surface area contributed by atoms with E-state index in [9.17, 15) is 10.2 Å². The Morgan fingerprint density at radius 2 is 1.81 bits per heavy atom. The van der Waals surface area contributed by atoms with E-state index in [2.05, 4.69) is 10.1 Å². The molecule has 2 aromatic heterocycles. The fourth-order valence-electron chi connectivity index (χ4n) is 2.71. The first-order chi connectivity index (χ1) is 12.4. The first-order valence-electron chi connectivity index (χ1n) is 7.62. The Morgan fingerprint density at radius 3 is 2.50 bits per heavy atom. The summed E-state index contributed by atoms with van der Waals surface area (Å²) in [4.78, 5) is 4.34. The topological polar surface area (TPSA) is 92.5 Å². The summed E-state index contributed by atoms with van der Waals surface area (Å²) in [5.74, 6) is 0.889.